The first-order valence-corrected chi connectivity index (χ1v) is 6.33. The van der Waals surface area contributed by atoms with E-state index in [1.54, 1.807) is 24.3 Å². The van der Waals surface area contributed by atoms with Crippen molar-refractivity contribution in [1.82, 2.24) is 5.06 Å². The normalized spacial score (nSPS) is 20.2. The highest BCUT2D eigenvalue weighted by Gasteiger charge is 2.56. The van der Waals surface area contributed by atoms with Crippen molar-refractivity contribution >= 4 is 5.91 Å². The monoisotopic (exact) mass is 287 g/mol. The van der Waals surface area contributed by atoms with Crippen molar-refractivity contribution in [2.75, 3.05) is 6.61 Å². The van der Waals surface area contributed by atoms with Gasteiger partial charge in [-0.3, -0.25) is 9.63 Å². The number of benzene rings is 1. The molecule has 110 valence electrons. The Morgan fingerprint density at radius 3 is 2.40 bits per heavy atom. The van der Waals surface area contributed by atoms with E-state index in [0.29, 0.717) is 6.42 Å². The predicted molar refractivity (Wildman–Crippen MR) is 66.4 cm³/mol. The maximum atomic E-state index is 13.0. The second kappa shape index (κ2) is 5.09. The number of hydrogen-bond donors (Lipinski definition) is 0. The Morgan fingerprint density at radius 1 is 1.25 bits per heavy atom. The first-order chi connectivity index (χ1) is 9.25. The number of alkyl halides is 3. The lowest BCUT2D eigenvalue weighted by atomic mass is 9.90. The molecule has 1 atom stereocenters. The topological polar surface area (TPSA) is 29.5 Å². The van der Waals surface area contributed by atoms with E-state index in [-0.39, 0.29) is 6.61 Å². The molecule has 1 aliphatic heterocycles. The fraction of sp³-hybridized carbons (Fsp3) is 0.500. The molecule has 1 aliphatic rings. The maximum absolute atomic E-state index is 13.0. The third kappa shape index (κ3) is 2.52. The van der Waals surface area contributed by atoms with Gasteiger partial charge in [0.15, 0.2) is 0 Å². The van der Waals surface area contributed by atoms with Gasteiger partial charge in [-0.2, -0.15) is 13.2 Å². The second-order valence-electron chi connectivity index (χ2n) is 5.30. The van der Waals surface area contributed by atoms with Crippen LogP contribution >= 0.6 is 0 Å². The first kappa shape index (κ1) is 14.8. The van der Waals surface area contributed by atoms with Gasteiger partial charge in [0, 0.05) is 6.42 Å². The lowest BCUT2D eigenvalue weighted by molar-refractivity contribution is -0.238. The zero-order valence-electron chi connectivity index (χ0n) is 11.3. The Balaban J connectivity index is 2.26. The average molecular weight is 287 g/mol. The van der Waals surface area contributed by atoms with Crippen molar-refractivity contribution in [3.63, 3.8) is 0 Å². The number of amides is 1. The van der Waals surface area contributed by atoms with E-state index in [1.807, 2.05) is 6.07 Å². The highest BCUT2D eigenvalue weighted by atomic mass is 19.4. The third-order valence-electron chi connectivity index (χ3n) is 3.53. The summed E-state index contributed by atoms with van der Waals surface area (Å²) >= 11 is 0. The SMILES string of the molecule is CC(C)(C(=O)N1OCC[C@H]1c1ccccc1)C(F)(F)F. The largest absolute Gasteiger partial charge is 0.402 e. The van der Waals surface area contributed by atoms with E-state index in [9.17, 15) is 18.0 Å². The number of rotatable bonds is 2. The van der Waals surface area contributed by atoms with Gasteiger partial charge in [0.05, 0.1) is 12.6 Å². The molecule has 1 aromatic rings. The van der Waals surface area contributed by atoms with Crippen molar-refractivity contribution in [1.29, 1.82) is 0 Å². The van der Waals surface area contributed by atoms with E-state index >= 15 is 0 Å². The van der Waals surface area contributed by atoms with Crippen LogP contribution in [0.4, 0.5) is 13.2 Å². The molecule has 2 rings (SSSR count). The van der Waals surface area contributed by atoms with Crippen LogP contribution in [0.3, 0.4) is 0 Å². The average Bonchev–Trinajstić information content (AvgIpc) is 2.86. The molecular formula is C14H16F3NO2. The predicted octanol–water partition coefficient (Wildman–Crippen LogP) is 3.48. The quantitative estimate of drug-likeness (QED) is 0.833. The van der Waals surface area contributed by atoms with E-state index in [2.05, 4.69) is 0 Å². The summed E-state index contributed by atoms with van der Waals surface area (Å²) in [6, 6.07) is 8.47. The summed E-state index contributed by atoms with van der Waals surface area (Å²) < 4.78 is 38.9. The summed E-state index contributed by atoms with van der Waals surface area (Å²) in [5.74, 6) is -1.06. The summed E-state index contributed by atoms with van der Waals surface area (Å²) in [6.07, 6.45) is -4.12. The van der Waals surface area contributed by atoms with Crippen LogP contribution in [-0.4, -0.2) is 23.8 Å². The molecule has 20 heavy (non-hydrogen) atoms. The zero-order chi connectivity index (χ0) is 15.0. The van der Waals surface area contributed by atoms with Crippen molar-refractivity contribution in [3.8, 4) is 0 Å². The fourth-order valence-electron chi connectivity index (χ4n) is 2.04. The summed E-state index contributed by atoms with van der Waals surface area (Å²) in [7, 11) is 0. The van der Waals surface area contributed by atoms with Crippen LogP contribution in [0.15, 0.2) is 30.3 Å². The van der Waals surface area contributed by atoms with Crippen LogP contribution in [0, 0.1) is 5.41 Å². The van der Waals surface area contributed by atoms with Crippen molar-refractivity contribution in [2.45, 2.75) is 32.5 Å². The minimum Gasteiger partial charge on any atom is -0.272 e. The molecule has 0 unspecified atom stereocenters. The molecule has 1 saturated heterocycles. The third-order valence-corrected chi connectivity index (χ3v) is 3.53. The van der Waals surface area contributed by atoms with Crippen molar-refractivity contribution in [3.05, 3.63) is 35.9 Å². The van der Waals surface area contributed by atoms with E-state index in [0.717, 1.165) is 24.5 Å². The van der Waals surface area contributed by atoms with Gasteiger partial charge in [-0.15, -0.1) is 0 Å². The number of halogens is 3. The molecule has 0 radical (unpaired) electrons. The summed E-state index contributed by atoms with van der Waals surface area (Å²) in [6.45, 7) is 1.98. The first-order valence-electron chi connectivity index (χ1n) is 6.33. The van der Waals surface area contributed by atoms with E-state index in [1.165, 1.54) is 0 Å². The van der Waals surface area contributed by atoms with Gasteiger partial charge < -0.3 is 0 Å². The summed E-state index contributed by atoms with van der Waals surface area (Å²) in [4.78, 5) is 17.3. The molecule has 1 heterocycles. The zero-order valence-corrected chi connectivity index (χ0v) is 11.3. The number of nitrogens with zero attached hydrogens (tertiary/aromatic N) is 1. The second-order valence-corrected chi connectivity index (χ2v) is 5.30. The molecular weight excluding hydrogens is 271 g/mol. The van der Waals surface area contributed by atoms with Crippen LogP contribution in [0.5, 0.6) is 0 Å². The summed E-state index contributed by atoms with van der Waals surface area (Å²) in [5.41, 5.74) is -1.69. The highest BCUT2D eigenvalue weighted by Crippen LogP contribution is 2.42. The van der Waals surface area contributed by atoms with Crippen LogP contribution in [-0.2, 0) is 9.63 Å². The molecule has 6 heteroatoms. The van der Waals surface area contributed by atoms with Gasteiger partial charge >= 0.3 is 6.18 Å². The van der Waals surface area contributed by atoms with Gasteiger partial charge in [-0.05, 0) is 19.4 Å². The molecule has 3 nitrogen and oxygen atoms in total. The Kier molecular flexibility index (Phi) is 3.77. The molecule has 1 aromatic carbocycles. The van der Waals surface area contributed by atoms with Gasteiger partial charge in [0.1, 0.15) is 5.41 Å². The Hall–Kier alpha value is -1.56. The Labute approximate surface area is 115 Å². The molecule has 0 spiro atoms. The molecule has 0 saturated carbocycles. The molecule has 1 fully saturated rings. The van der Waals surface area contributed by atoms with Crippen LogP contribution in [0.1, 0.15) is 31.9 Å². The fourth-order valence-corrected chi connectivity index (χ4v) is 2.04. The minimum atomic E-state index is -4.61. The van der Waals surface area contributed by atoms with Crippen LogP contribution in [0.2, 0.25) is 0 Å². The number of hydroxylamine groups is 2. The molecule has 1 amide bonds. The van der Waals surface area contributed by atoms with E-state index < -0.39 is 23.5 Å². The molecule has 0 aromatic heterocycles. The number of carbonyl (C=O) groups excluding carboxylic acids is 1. The highest BCUT2D eigenvalue weighted by molar-refractivity contribution is 5.82. The number of carbonyl (C=O) groups is 1. The molecule has 0 aliphatic carbocycles. The van der Waals surface area contributed by atoms with Gasteiger partial charge in [-0.1, -0.05) is 30.3 Å². The van der Waals surface area contributed by atoms with Crippen LogP contribution in [0.25, 0.3) is 0 Å². The van der Waals surface area contributed by atoms with Crippen LogP contribution < -0.4 is 0 Å². The van der Waals surface area contributed by atoms with Gasteiger partial charge in [0.25, 0.3) is 5.91 Å². The van der Waals surface area contributed by atoms with Gasteiger partial charge in [-0.25, -0.2) is 5.06 Å². The molecule has 0 bridgehead atoms. The van der Waals surface area contributed by atoms with Gasteiger partial charge in [0.2, 0.25) is 0 Å². The Bertz CT molecular complexity index is 485. The van der Waals surface area contributed by atoms with Crippen molar-refractivity contribution < 1.29 is 22.8 Å². The van der Waals surface area contributed by atoms with Crippen molar-refractivity contribution in [2.24, 2.45) is 5.41 Å². The Morgan fingerprint density at radius 2 is 1.85 bits per heavy atom. The van der Waals surface area contributed by atoms with E-state index in [4.69, 9.17) is 4.84 Å². The standard InChI is InChI=1S/C14H16F3NO2/c1-13(2,14(15,16)17)12(19)18-11(8-9-20-18)10-6-4-3-5-7-10/h3-7,11H,8-9H2,1-2H3/t11-/m0/s1. The molecule has 0 N–H and O–H groups in total. The minimum absolute atomic E-state index is 0.235. The smallest absolute Gasteiger partial charge is 0.272 e. The number of hydrogen-bond acceptors (Lipinski definition) is 2. The maximum Gasteiger partial charge on any atom is 0.402 e. The lowest BCUT2D eigenvalue weighted by Gasteiger charge is -2.32. The summed E-state index contributed by atoms with van der Waals surface area (Å²) in [5, 5.41) is 0.878. The lowest BCUT2D eigenvalue weighted by Crippen LogP contribution is -2.48.